The van der Waals surface area contributed by atoms with Crippen molar-refractivity contribution < 1.29 is 24.1 Å². The molecule has 188 valence electrons. The minimum atomic E-state index is -0.603. The van der Waals surface area contributed by atoms with E-state index in [4.69, 9.17) is 4.74 Å². The fourth-order valence-electron chi connectivity index (χ4n) is 3.46. The second kappa shape index (κ2) is 11.3. The van der Waals surface area contributed by atoms with Crippen LogP contribution in [0.25, 0.3) is 11.0 Å². The Morgan fingerprint density at radius 1 is 1.03 bits per heavy atom. The number of carbonyl (C=O) groups excluding carboxylic acids is 2. The van der Waals surface area contributed by atoms with Gasteiger partial charge in [0.1, 0.15) is 16.8 Å². The molecule has 0 saturated heterocycles. The predicted molar refractivity (Wildman–Crippen MR) is 132 cm³/mol. The van der Waals surface area contributed by atoms with Crippen molar-refractivity contribution in [1.82, 2.24) is 20.9 Å². The zero-order valence-electron chi connectivity index (χ0n) is 20.8. The third-order valence-electron chi connectivity index (χ3n) is 6.31. The molecule has 0 radical (unpaired) electrons. The van der Waals surface area contributed by atoms with E-state index < -0.39 is 11.0 Å². The normalized spacial score (nSPS) is 13.4. The van der Waals surface area contributed by atoms with Crippen LogP contribution in [0.5, 0.6) is 5.75 Å². The maximum absolute atomic E-state index is 12.7. The van der Waals surface area contributed by atoms with E-state index in [1.54, 1.807) is 30.3 Å². The number of nitrogens with zero attached hydrogens (tertiary/aromatic N) is 2. The number of fused-ring (bicyclic) bond motifs is 1. The number of benzene rings is 2. The molecule has 1 heterocycles. The Bertz CT molecular complexity index is 1140. The molecule has 1 atom stereocenters. The van der Waals surface area contributed by atoms with Crippen LogP contribution in [0, 0.1) is 5.41 Å². The third-order valence-corrected chi connectivity index (χ3v) is 6.31. The zero-order valence-corrected chi connectivity index (χ0v) is 20.8. The summed E-state index contributed by atoms with van der Waals surface area (Å²) in [4.78, 5) is 25.3. The van der Waals surface area contributed by atoms with Crippen molar-refractivity contribution in [1.29, 1.82) is 0 Å². The molecule has 0 aliphatic rings. The number of hydrogen-bond acceptors (Lipinski definition) is 7. The summed E-state index contributed by atoms with van der Waals surface area (Å²) in [5, 5.41) is 22.8. The molecule has 2 amide bonds. The highest BCUT2D eigenvalue weighted by atomic mass is 16.6. The van der Waals surface area contributed by atoms with E-state index in [0.29, 0.717) is 55.6 Å². The number of nitrogens with one attached hydrogen (secondary N) is 2. The summed E-state index contributed by atoms with van der Waals surface area (Å²) in [6, 6.07) is 12.0. The highest BCUT2D eigenvalue weighted by Crippen LogP contribution is 2.23. The molecule has 35 heavy (non-hydrogen) atoms. The Morgan fingerprint density at radius 2 is 1.74 bits per heavy atom. The molecular weight excluding hydrogens is 448 g/mol. The van der Waals surface area contributed by atoms with E-state index in [9.17, 15) is 14.7 Å². The fourth-order valence-corrected chi connectivity index (χ4v) is 3.46. The zero-order chi connectivity index (χ0) is 25.5. The molecule has 0 bridgehead atoms. The predicted octanol–water partition coefficient (Wildman–Crippen LogP) is 3.62. The lowest BCUT2D eigenvalue weighted by molar-refractivity contribution is -0.131. The van der Waals surface area contributed by atoms with Crippen molar-refractivity contribution in [3.63, 3.8) is 0 Å². The van der Waals surface area contributed by atoms with E-state index in [2.05, 4.69) is 25.6 Å². The van der Waals surface area contributed by atoms with E-state index >= 15 is 0 Å². The van der Waals surface area contributed by atoms with Gasteiger partial charge in [0.15, 0.2) is 0 Å². The second-order valence-corrected chi connectivity index (χ2v) is 9.61. The van der Waals surface area contributed by atoms with Crippen molar-refractivity contribution in [2.75, 3.05) is 19.7 Å². The fraction of sp³-hybridized carbons (Fsp3) is 0.462. The lowest BCUT2D eigenvalue weighted by Gasteiger charge is -2.31. The van der Waals surface area contributed by atoms with Gasteiger partial charge in [-0.1, -0.05) is 32.9 Å². The standard InChI is InChI=1S/C26H34N4O5/c1-5-26(4,17-28-23(32)19-8-11-21-22(16-19)30-35-29-21)34-15-13-25(2,3)24(33)27-14-12-18-6-9-20(31)10-7-18/h6-11,16,31H,5,12-15,17H2,1-4H3,(H,27,33)(H,28,32). The summed E-state index contributed by atoms with van der Waals surface area (Å²) in [7, 11) is 0. The minimum Gasteiger partial charge on any atom is -0.508 e. The highest BCUT2D eigenvalue weighted by molar-refractivity contribution is 5.97. The molecule has 0 aliphatic heterocycles. The van der Waals surface area contributed by atoms with Gasteiger partial charge in [-0.3, -0.25) is 9.59 Å². The largest absolute Gasteiger partial charge is 0.508 e. The van der Waals surface area contributed by atoms with Gasteiger partial charge < -0.3 is 20.5 Å². The van der Waals surface area contributed by atoms with Gasteiger partial charge in [-0.15, -0.1) is 0 Å². The first-order valence-electron chi connectivity index (χ1n) is 11.8. The van der Waals surface area contributed by atoms with Crippen molar-refractivity contribution in [3.05, 3.63) is 53.6 Å². The van der Waals surface area contributed by atoms with Crippen LogP contribution in [0.3, 0.4) is 0 Å². The maximum atomic E-state index is 12.7. The summed E-state index contributed by atoms with van der Waals surface area (Å²) in [6.45, 7) is 8.97. The topological polar surface area (TPSA) is 127 Å². The van der Waals surface area contributed by atoms with Crippen LogP contribution in [0.15, 0.2) is 47.1 Å². The average Bonchev–Trinajstić information content (AvgIpc) is 3.31. The monoisotopic (exact) mass is 482 g/mol. The highest BCUT2D eigenvalue weighted by Gasteiger charge is 2.30. The number of ether oxygens (including phenoxy) is 1. The molecule has 0 saturated carbocycles. The van der Waals surface area contributed by atoms with Gasteiger partial charge in [-0.2, -0.15) is 0 Å². The van der Waals surface area contributed by atoms with Crippen LogP contribution >= 0.6 is 0 Å². The first kappa shape index (κ1) is 26.2. The SMILES string of the molecule is CCC(C)(CNC(=O)c1ccc2nonc2c1)OCCC(C)(C)C(=O)NCCc1ccc(O)cc1. The van der Waals surface area contributed by atoms with Gasteiger partial charge in [0.05, 0.1) is 5.60 Å². The molecule has 1 unspecified atom stereocenters. The van der Waals surface area contributed by atoms with Gasteiger partial charge in [-0.05, 0) is 72.4 Å². The third kappa shape index (κ3) is 7.26. The van der Waals surface area contributed by atoms with Crippen LogP contribution in [0.2, 0.25) is 0 Å². The van der Waals surface area contributed by atoms with Gasteiger partial charge in [0.2, 0.25) is 5.91 Å². The number of aromatic nitrogens is 2. The summed E-state index contributed by atoms with van der Waals surface area (Å²) >= 11 is 0. The molecule has 9 nitrogen and oxygen atoms in total. The van der Waals surface area contributed by atoms with Crippen LogP contribution in [0.4, 0.5) is 0 Å². The number of phenols is 1. The van der Waals surface area contributed by atoms with E-state index in [0.717, 1.165) is 5.56 Å². The lowest BCUT2D eigenvalue weighted by atomic mass is 9.88. The molecule has 0 fully saturated rings. The first-order chi connectivity index (χ1) is 16.6. The Balaban J connectivity index is 1.43. The number of phenolic OH excluding ortho intramolecular Hbond substituents is 1. The molecule has 3 rings (SSSR count). The molecule has 0 spiro atoms. The van der Waals surface area contributed by atoms with Crippen LogP contribution < -0.4 is 10.6 Å². The molecule has 3 aromatic rings. The van der Waals surface area contributed by atoms with Crippen molar-refractivity contribution in [2.45, 2.75) is 52.6 Å². The van der Waals surface area contributed by atoms with E-state index in [1.807, 2.05) is 39.8 Å². The molecular formula is C26H34N4O5. The van der Waals surface area contributed by atoms with E-state index in [1.165, 1.54) is 0 Å². The van der Waals surface area contributed by atoms with Gasteiger partial charge in [0.25, 0.3) is 5.91 Å². The quantitative estimate of drug-likeness (QED) is 0.360. The Labute approximate surface area is 205 Å². The molecule has 9 heteroatoms. The summed E-state index contributed by atoms with van der Waals surface area (Å²) in [5.74, 6) is -0.0428. The van der Waals surface area contributed by atoms with Crippen LogP contribution in [0.1, 0.15) is 56.5 Å². The summed E-state index contributed by atoms with van der Waals surface area (Å²) < 4.78 is 10.8. The number of hydrogen-bond donors (Lipinski definition) is 3. The van der Waals surface area contributed by atoms with Crippen LogP contribution in [-0.2, 0) is 16.0 Å². The summed E-state index contributed by atoms with van der Waals surface area (Å²) in [6.07, 6.45) is 1.92. The number of carbonyl (C=O) groups is 2. The van der Waals surface area contributed by atoms with Gasteiger partial charge in [-0.25, -0.2) is 4.63 Å². The Hall–Kier alpha value is -3.46. The summed E-state index contributed by atoms with van der Waals surface area (Å²) in [5.41, 5.74) is 1.46. The molecule has 2 aromatic carbocycles. The number of amides is 2. The molecule has 0 aliphatic carbocycles. The maximum Gasteiger partial charge on any atom is 0.251 e. The molecule has 3 N–H and O–H groups in total. The first-order valence-corrected chi connectivity index (χ1v) is 11.8. The smallest absolute Gasteiger partial charge is 0.251 e. The van der Waals surface area contributed by atoms with Crippen molar-refractivity contribution in [2.24, 2.45) is 5.41 Å². The lowest BCUT2D eigenvalue weighted by Crippen LogP contribution is -2.44. The van der Waals surface area contributed by atoms with Crippen molar-refractivity contribution >= 4 is 22.8 Å². The Morgan fingerprint density at radius 3 is 2.46 bits per heavy atom. The van der Waals surface area contributed by atoms with Gasteiger partial charge in [0, 0.05) is 30.7 Å². The minimum absolute atomic E-state index is 0.0379. The van der Waals surface area contributed by atoms with Crippen molar-refractivity contribution in [3.8, 4) is 5.75 Å². The molecule has 1 aromatic heterocycles. The number of rotatable bonds is 12. The van der Waals surface area contributed by atoms with E-state index in [-0.39, 0.29) is 17.6 Å². The Kier molecular flexibility index (Phi) is 8.45. The average molecular weight is 483 g/mol. The number of aromatic hydroxyl groups is 1. The second-order valence-electron chi connectivity index (χ2n) is 9.61. The van der Waals surface area contributed by atoms with Gasteiger partial charge >= 0.3 is 0 Å². The van der Waals surface area contributed by atoms with Crippen LogP contribution in [-0.4, -0.2) is 52.5 Å².